The molecule has 3 atom stereocenters. The van der Waals surface area contributed by atoms with Gasteiger partial charge < -0.3 is 10.1 Å². The van der Waals surface area contributed by atoms with Crippen LogP contribution in [0.4, 0.5) is 10.2 Å². The molecule has 1 aliphatic carbocycles. The average Bonchev–Trinajstić information content (AvgIpc) is 2.78. The molecule has 1 aromatic rings. The Morgan fingerprint density at radius 1 is 1.29 bits per heavy atom. The van der Waals surface area contributed by atoms with Crippen LogP contribution in [0.25, 0.3) is 0 Å². The van der Waals surface area contributed by atoms with Gasteiger partial charge in [0.05, 0.1) is 6.10 Å². The predicted molar refractivity (Wildman–Crippen MR) is 63.3 cm³/mol. The summed E-state index contributed by atoms with van der Waals surface area (Å²) in [6.07, 6.45) is 4.98. The number of nitrogens with one attached hydrogen (secondary N) is 1. The highest BCUT2D eigenvalue weighted by molar-refractivity contribution is 5.35. The fourth-order valence-corrected chi connectivity index (χ4v) is 3.03. The molecule has 17 heavy (non-hydrogen) atoms. The number of nitrogens with zero attached hydrogens (tertiary/aromatic N) is 1. The van der Waals surface area contributed by atoms with Gasteiger partial charge in [0.25, 0.3) is 0 Å². The van der Waals surface area contributed by atoms with E-state index in [1.54, 1.807) is 6.07 Å². The summed E-state index contributed by atoms with van der Waals surface area (Å²) < 4.78 is 18.7. The molecule has 2 aliphatic rings. The standard InChI is InChI=1S/C13H17FN2O/c14-12-5-2-6-13(16-12)15-10-3-1-4-11-9(10)7-8-17-11/h2,5-6,9-11H,1,3-4,7-8H2,(H,15,16). The molecule has 2 fully saturated rings. The number of ether oxygens (including phenoxy) is 1. The highest BCUT2D eigenvalue weighted by atomic mass is 19.1. The Kier molecular flexibility index (Phi) is 2.97. The molecule has 1 aromatic heterocycles. The summed E-state index contributed by atoms with van der Waals surface area (Å²) in [7, 11) is 0. The van der Waals surface area contributed by atoms with Gasteiger partial charge >= 0.3 is 0 Å². The van der Waals surface area contributed by atoms with Crippen molar-refractivity contribution in [2.75, 3.05) is 11.9 Å². The second-order valence-electron chi connectivity index (χ2n) is 4.89. The van der Waals surface area contributed by atoms with Crippen LogP contribution in [-0.2, 0) is 4.74 Å². The van der Waals surface area contributed by atoms with Crippen LogP contribution in [0, 0.1) is 11.9 Å². The van der Waals surface area contributed by atoms with Gasteiger partial charge in [-0.25, -0.2) is 4.98 Å². The van der Waals surface area contributed by atoms with Crippen LogP contribution in [0.1, 0.15) is 25.7 Å². The molecule has 1 saturated heterocycles. The minimum atomic E-state index is -0.426. The lowest BCUT2D eigenvalue weighted by Crippen LogP contribution is -2.38. The molecular weight excluding hydrogens is 219 g/mol. The van der Waals surface area contributed by atoms with Gasteiger partial charge in [0.15, 0.2) is 0 Å². The van der Waals surface area contributed by atoms with Gasteiger partial charge in [0, 0.05) is 18.6 Å². The number of rotatable bonds is 2. The summed E-state index contributed by atoms with van der Waals surface area (Å²) in [6, 6.07) is 5.26. The van der Waals surface area contributed by atoms with E-state index < -0.39 is 5.95 Å². The molecular formula is C13H17FN2O. The summed E-state index contributed by atoms with van der Waals surface area (Å²) in [4.78, 5) is 3.86. The number of hydrogen-bond donors (Lipinski definition) is 1. The van der Waals surface area contributed by atoms with Crippen molar-refractivity contribution in [2.24, 2.45) is 5.92 Å². The third-order valence-electron chi connectivity index (χ3n) is 3.83. The first kappa shape index (κ1) is 11.0. The van der Waals surface area contributed by atoms with E-state index in [9.17, 15) is 4.39 Å². The van der Waals surface area contributed by atoms with E-state index in [4.69, 9.17) is 4.74 Å². The largest absolute Gasteiger partial charge is 0.378 e. The first-order valence-electron chi connectivity index (χ1n) is 6.33. The molecule has 4 heteroatoms. The SMILES string of the molecule is Fc1cccc(NC2CCCC3OCCC23)n1. The van der Waals surface area contributed by atoms with E-state index in [2.05, 4.69) is 10.3 Å². The van der Waals surface area contributed by atoms with Crippen LogP contribution < -0.4 is 5.32 Å². The number of halogens is 1. The summed E-state index contributed by atoms with van der Waals surface area (Å²) in [5.41, 5.74) is 0. The van der Waals surface area contributed by atoms with E-state index in [0.29, 0.717) is 23.9 Å². The fourth-order valence-electron chi connectivity index (χ4n) is 3.03. The molecule has 2 heterocycles. The Bertz CT molecular complexity index is 399. The number of anilines is 1. The van der Waals surface area contributed by atoms with Crippen molar-refractivity contribution >= 4 is 5.82 Å². The van der Waals surface area contributed by atoms with Gasteiger partial charge in [-0.05, 0) is 37.8 Å². The molecule has 92 valence electrons. The monoisotopic (exact) mass is 236 g/mol. The van der Waals surface area contributed by atoms with E-state index in [1.807, 2.05) is 6.07 Å². The van der Waals surface area contributed by atoms with E-state index in [-0.39, 0.29) is 0 Å². The topological polar surface area (TPSA) is 34.1 Å². The molecule has 1 saturated carbocycles. The summed E-state index contributed by atoms with van der Waals surface area (Å²) in [5.74, 6) is 0.779. The van der Waals surface area contributed by atoms with Crippen LogP contribution in [0.2, 0.25) is 0 Å². The highest BCUT2D eigenvalue weighted by Crippen LogP contribution is 2.35. The van der Waals surface area contributed by atoms with Gasteiger partial charge in [-0.15, -0.1) is 0 Å². The highest BCUT2D eigenvalue weighted by Gasteiger charge is 2.37. The van der Waals surface area contributed by atoms with Crippen LogP contribution >= 0.6 is 0 Å². The van der Waals surface area contributed by atoms with Crippen molar-refractivity contribution in [3.05, 3.63) is 24.1 Å². The molecule has 1 N–H and O–H groups in total. The van der Waals surface area contributed by atoms with Gasteiger partial charge in [-0.2, -0.15) is 4.39 Å². The molecule has 3 unspecified atom stereocenters. The summed E-state index contributed by atoms with van der Waals surface area (Å²) in [6.45, 7) is 0.865. The number of aromatic nitrogens is 1. The van der Waals surface area contributed by atoms with Crippen molar-refractivity contribution in [3.8, 4) is 0 Å². The quantitative estimate of drug-likeness (QED) is 0.801. The Morgan fingerprint density at radius 3 is 3.12 bits per heavy atom. The van der Waals surface area contributed by atoms with Gasteiger partial charge in [0.1, 0.15) is 5.82 Å². The van der Waals surface area contributed by atoms with Crippen LogP contribution in [0.5, 0.6) is 0 Å². The fraction of sp³-hybridized carbons (Fsp3) is 0.615. The zero-order chi connectivity index (χ0) is 11.7. The molecule has 1 aliphatic heterocycles. The minimum absolute atomic E-state index is 0.380. The summed E-state index contributed by atoms with van der Waals surface area (Å²) >= 11 is 0. The van der Waals surface area contributed by atoms with Crippen molar-refractivity contribution in [1.29, 1.82) is 0 Å². The Labute approximate surface area is 100 Å². The first-order valence-corrected chi connectivity index (χ1v) is 6.33. The lowest BCUT2D eigenvalue weighted by molar-refractivity contribution is 0.0619. The molecule has 0 amide bonds. The Balaban J connectivity index is 1.71. The molecule has 3 rings (SSSR count). The Hall–Kier alpha value is -1.16. The number of pyridine rings is 1. The first-order chi connectivity index (χ1) is 8.33. The molecule has 0 radical (unpaired) electrons. The number of fused-ring (bicyclic) bond motifs is 1. The zero-order valence-corrected chi connectivity index (χ0v) is 9.73. The lowest BCUT2D eigenvalue weighted by atomic mass is 9.82. The maximum atomic E-state index is 13.0. The van der Waals surface area contributed by atoms with E-state index in [0.717, 1.165) is 19.4 Å². The summed E-state index contributed by atoms with van der Waals surface area (Å²) in [5, 5.41) is 3.36. The van der Waals surface area contributed by atoms with Crippen molar-refractivity contribution in [3.63, 3.8) is 0 Å². The van der Waals surface area contributed by atoms with E-state index >= 15 is 0 Å². The van der Waals surface area contributed by atoms with Crippen molar-refractivity contribution < 1.29 is 9.13 Å². The smallest absolute Gasteiger partial charge is 0.214 e. The van der Waals surface area contributed by atoms with Crippen LogP contribution in [-0.4, -0.2) is 23.7 Å². The molecule has 0 bridgehead atoms. The maximum absolute atomic E-state index is 13.0. The van der Waals surface area contributed by atoms with Gasteiger partial charge in [0.2, 0.25) is 5.95 Å². The van der Waals surface area contributed by atoms with Crippen LogP contribution in [0.3, 0.4) is 0 Å². The molecule has 3 nitrogen and oxygen atoms in total. The minimum Gasteiger partial charge on any atom is -0.378 e. The average molecular weight is 236 g/mol. The number of hydrogen-bond acceptors (Lipinski definition) is 3. The predicted octanol–water partition coefficient (Wildman–Crippen LogP) is 2.59. The maximum Gasteiger partial charge on any atom is 0.214 e. The van der Waals surface area contributed by atoms with Crippen molar-refractivity contribution in [2.45, 2.75) is 37.8 Å². The third-order valence-corrected chi connectivity index (χ3v) is 3.83. The molecule has 0 spiro atoms. The van der Waals surface area contributed by atoms with Gasteiger partial charge in [-0.3, -0.25) is 0 Å². The van der Waals surface area contributed by atoms with E-state index in [1.165, 1.54) is 18.9 Å². The molecule has 0 aromatic carbocycles. The van der Waals surface area contributed by atoms with Crippen LogP contribution in [0.15, 0.2) is 18.2 Å². The third kappa shape index (κ3) is 2.27. The van der Waals surface area contributed by atoms with Gasteiger partial charge in [-0.1, -0.05) is 6.07 Å². The zero-order valence-electron chi connectivity index (χ0n) is 9.73. The second kappa shape index (κ2) is 4.61. The van der Waals surface area contributed by atoms with Crippen molar-refractivity contribution in [1.82, 2.24) is 4.98 Å². The Morgan fingerprint density at radius 2 is 2.24 bits per heavy atom. The lowest BCUT2D eigenvalue weighted by Gasteiger charge is -2.33. The second-order valence-corrected chi connectivity index (χ2v) is 4.89. The normalized spacial score (nSPS) is 32.2.